The highest BCUT2D eigenvalue weighted by Gasteiger charge is 2.24. The van der Waals surface area contributed by atoms with Crippen LogP contribution in [0.4, 0.5) is 8.78 Å². The number of halogens is 3. The molecule has 1 aliphatic carbocycles. The molecule has 0 saturated heterocycles. The first-order chi connectivity index (χ1) is 9.47. The molecule has 1 aromatic rings. The number of hydrogen-bond donors (Lipinski definition) is 1. The maximum Gasteiger partial charge on any atom is 0.143 e. The summed E-state index contributed by atoms with van der Waals surface area (Å²) in [7, 11) is 0. The van der Waals surface area contributed by atoms with Crippen molar-refractivity contribution in [3.8, 4) is 0 Å². The Balaban J connectivity index is 2.06. The van der Waals surface area contributed by atoms with Crippen LogP contribution in [-0.4, -0.2) is 12.6 Å². The lowest BCUT2D eigenvalue weighted by Crippen LogP contribution is -2.27. The van der Waals surface area contributed by atoms with Gasteiger partial charge in [-0.15, -0.1) is 0 Å². The van der Waals surface area contributed by atoms with Gasteiger partial charge in [0.15, 0.2) is 0 Å². The van der Waals surface area contributed by atoms with E-state index in [1.807, 2.05) is 0 Å². The van der Waals surface area contributed by atoms with E-state index in [9.17, 15) is 8.78 Å². The molecule has 4 heteroatoms. The first-order valence-corrected chi connectivity index (χ1v) is 8.12. The third-order valence-corrected chi connectivity index (χ3v) is 4.32. The van der Waals surface area contributed by atoms with Gasteiger partial charge in [0, 0.05) is 11.6 Å². The number of benzene rings is 1. The van der Waals surface area contributed by atoms with Gasteiger partial charge in [-0.25, -0.2) is 8.78 Å². The third-order valence-electron chi connectivity index (χ3n) is 3.71. The molecule has 112 valence electrons. The second-order valence-corrected chi connectivity index (χ2v) is 7.06. The van der Waals surface area contributed by atoms with E-state index in [0.29, 0.717) is 22.9 Å². The van der Waals surface area contributed by atoms with Gasteiger partial charge in [0.2, 0.25) is 0 Å². The topological polar surface area (TPSA) is 12.0 Å². The lowest BCUT2D eigenvalue weighted by Gasteiger charge is -2.20. The van der Waals surface area contributed by atoms with Crippen molar-refractivity contribution in [1.29, 1.82) is 0 Å². The summed E-state index contributed by atoms with van der Waals surface area (Å²) in [6, 6.07) is 3.39. The smallest absolute Gasteiger partial charge is 0.143 e. The van der Waals surface area contributed by atoms with Gasteiger partial charge in [-0.3, -0.25) is 0 Å². The van der Waals surface area contributed by atoms with Crippen molar-refractivity contribution < 1.29 is 8.78 Å². The van der Waals surface area contributed by atoms with Crippen LogP contribution < -0.4 is 5.32 Å². The highest BCUT2D eigenvalue weighted by Crippen LogP contribution is 2.27. The fourth-order valence-corrected chi connectivity index (χ4v) is 2.94. The summed E-state index contributed by atoms with van der Waals surface area (Å²) in [6.07, 6.45) is 3.89. The predicted octanol–water partition coefficient (Wildman–Crippen LogP) is 4.68. The average molecular weight is 346 g/mol. The number of rotatable bonds is 7. The lowest BCUT2D eigenvalue weighted by atomic mass is 9.90. The van der Waals surface area contributed by atoms with Crippen LogP contribution in [0.25, 0.3) is 0 Å². The van der Waals surface area contributed by atoms with Gasteiger partial charge in [0.05, 0.1) is 4.47 Å². The van der Waals surface area contributed by atoms with E-state index in [2.05, 4.69) is 35.1 Å². The molecule has 0 spiro atoms. The fraction of sp³-hybridized carbons (Fsp3) is 0.625. The highest BCUT2D eigenvalue weighted by molar-refractivity contribution is 9.10. The molecule has 0 bridgehead atoms. The zero-order chi connectivity index (χ0) is 14.7. The van der Waals surface area contributed by atoms with Crippen molar-refractivity contribution in [1.82, 2.24) is 5.32 Å². The molecule has 1 aromatic carbocycles. The zero-order valence-corrected chi connectivity index (χ0v) is 13.6. The van der Waals surface area contributed by atoms with Crippen LogP contribution in [0.15, 0.2) is 16.6 Å². The first kappa shape index (κ1) is 15.9. The van der Waals surface area contributed by atoms with E-state index in [4.69, 9.17) is 0 Å². The molecule has 1 saturated carbocycles. The summed E-state index contributed by atoms with van der Waals surface area (Å²) in [5.41, 5.74) is 0.211. The van der Waals surface area contributed by atoms with Crippen molar-refractivity contribution in [2.75, 3.05) is 6.54 Å². The second kappa shape index (κ2) is 6.99. The van der Waals surface area contributed by atoms with E-state index in [0.717, 1.165) is 13.0 Å². The van der Waals surface area contributed by atoms with Crippen molar-refractivity contribution in [3.05, 3.63) is 33.8 Å². The Hall–Kier alpha value is -0.480. The molecular weight excluding hydrogens is 324 g/mol. The monoisotopic (exact) mass is 345 g/mol. The molecule has 0 heterocycles. The van der Waals surface area contributed by atoms with Gasteiger partial charge in [0.25, 0.3) is 0 Å². The number of hydrogen-bond acceptors (Lipinski definition) is 1. The molecule has 20 heavy (non-hydrogen) atoms. The molecule has 2 rings (SSSR count). The maximum absolute atomic E-state index is 14.1. The van der Waals surface area contributed by atoms with E-state index in [1.54, 1.807) is 0 Å². The predicted molar refractivity (Wildman–Crippen MR) is 81.7 cm³/mol. The zero-order valence-electron chi connectivity index (χ0n) is 12.1. The summed E-state index contributed by atoms with van der Waals surface area (Å²) in [5, 5.41) is 3.48. The van der Waals surface area contributed by atoms with Gasteiger partial charge in [-0.05, 0) is 72.1 Å². The minimum atomic E-state index is -0.454. The van der Waals surface area contributed by atoms with Crippen LogP contribution in [0.1, 0.15) is 38.7 Å². The molecule has 0 aliphatic heterocycles. The molecule has 1 nitrogen and oxygen atoms in total. The van der Waals surface area contributed by atoms with Gasteiger partial charge in [-0.2, -0.15) is 0 Å². The van der Waals surface area contributed by atoms with Crippen molar-refractivity contribution >= 4 is 15.9 Å². The first-order valence-electron chi connectivity index (χ1n) is 7.33. The molecule has 0 aromatic heterocycles. The van der Waals surface area contributed by atoms with Crippen molar-refractivity contribution in [3.63, 3.8) is 0 Å². The molecular formula is C16H22BrF2N. The quantitative estimate of drug-likeness (QED) is 0.707. The van der Waals surface area contributed by atoms with E-state index in [1.165, 1.54) is 25.0 Å². The minimum Gasteiger partial charge on any atom is -0.314 e. The van der Waals surface area contributed by atoms with Crippen molar-refractivity contribution in [2.45, 2.75) is 45.6 Å². The Morgan fingerprint density at radius 2 is 2.00 bits per heavy atom. The van der Waals surface area contributed by atoms with Crippen LogP contribution in [0.2, 0.25) is 0 Å². The van der Waals surface area contributed by atoms with Crippen molar-refractivity contribution in [2.24, 2.45) is 11.8 Å². The number of nitrogens with one attached hydrogen (secondary N) is 1. The Morgan fingerprint density at radius 1 is 1.30 bits per heavy atom. The van der Waals surface area contributed by atoms with Crippen LogP contribution in [-0.2, 0) is 6.42 Å². The Labute approximate surface area is 128 Å². The van der Waals surface area contributed by atoms with Crippen LogP contribution in [0.5, 0.6) is 0 Å². The standard InChI is InChI=1S/C16H22BrF2N/c1-10(2)7-11(9-20-12-3-4-12)8-13-15(18)6-5-14(17)16(13)19/h5-6,10-12,20H,3-4,7-9H2,1-2H3. The molecule has 0 amide bonds. The molecule has 1 aliphatic rings. The van der Waals surface area contributed by atoms with E-state index >= 15 is 0 Å². The Morgan fingerprint density at radius 3 is 2.60 bits per heavy atom. The highest BCUT2D eigenvalue weighted by atomic mass is 79.9. The summed E-state index contributed by atoms with van der Waals surface area (Å²) < 4.78 is 28.3. The van der Waals surface area contributed by atoms with Gasteiger partial charge < -0.3 is 5.32 Å². The van der Waals surface area contributed by atoms with Crippen LogP contribution >= 0.6 is 15.9 Å². The van der Waals surface area contributed by atoms with Gasteiger partial charge in [0.1, 0.15) is 11.6 Å². The summed E-state index contributed by atoms with van der Waals surface area (Å²) >= 11 is 3.14. The third kappa shape index (κ3) is 4.52. The molecule has 1 fully saturated rings. The SMILES string of the molecule is CC(C)CC(CNC1CC1)Cc1c(F)ccc(Br)c1F. The molecule has 0 radical (unpaired) electrons. The minimum absolute atomic E-state index is 0.211. The molecule has 1 unspecified atom stereocenters. The normalized spacial score (nSPS) is 16.7. The largest absolute Gasteiger partial charge is 0.314 e. The summed E-state index contributed by atoms with van der Waals surface area (Å²) in [5.74, 6) is -0.0933. The Kier molecular flexibility index (Phi) is 5.56. The van der Waals surface area contributed by atoms with Crippen LogP contribution in [0.3, 0.4) is 0 Å². The Bertz CT molecular complexity index is 458. The lowest BCUT2D eigenvalue weighted by molar-refractivity contribution is 0.373. The van der Waals surface area contributed by atoms with Gasteiger partial charge in [-0.1, -0.05) is 13.8 Å². The molecule has 1 atom stereocenters. The van der Waals surface area contributed by atoms with Gasteiger partial charge >= 0.3 is 0 Å². The van der Waals surface area contributed by atoms with Crippen LogP contribution in [0, 0.1) is 23.5 Å². The van der Waals surface area contributed by atoms with E-state index in [-0.39, 0.29) is 11.5 Å². The second-order valence-electron chi connectivity index (χ2n) is 6.20. The average Bonchev–Trinajstić information content (AvgIpc) is 3.19. The fourth-order valence-electron chi connectivity index (χ4n) is 2.57. The summed E-state index contributed by atoms with van der Waals surface area (Å²) in [4.78, 5) is 0. The summed E-state index contributed by atoms with van der Waals surface area (Å²) in [6.45, 7) is 5.14. The molecule has 1 N–H and O–H groups in total. The van der Waals surface area contributed by atoms with E-state index < -0.39 is 11.6 Å². The maximum atomic E-state index is 14.1.